The van der Waals surface area contributed by atoms with Crippen LogP contribution in [0.5, 0.6) is 0 Å². The number of anilines is 1. The lowest BCUT2D eigenvalue weighted by Crippen LogP contribution is -2.40. The first-order chi connectivity index (χ1) is 11.2. The summed E-state index contributed by atoms with van der Waals surface area (Å²) in [4.78, 5) is 16.9. The summed E-state index contributed by atoms with van der Waals surface area (Å²) >= 11 is 0. The number of aryl methyl sites for hydroxylation is 1. The first-order valence-electron chi connectivity index (χ1n) is 8.66. The number of hydrogen-bond acceptors (Lipinski definition) is 5. The highest BCUT2D eigenvalue weighted by Crippen LogP contribution is 2.33. The number of nitrogens with zero attached hydrogens (tertiary/aromatic N) is 4. The predicted octanol–water partition coefficient (Wildman–Crippen LogP) is 1.25. The molecule has 0 spiro atoms. The van der Waals surface area contributed by atoms with Crippen molar-refractivity contribution in [3.05, 3.63) is 17.8 Å². The summed E-state index contributed by atoms with van der Waals surface area (Å²) in [6, 6.07) is 4.06. The first kappa shape index (κ1) is 14.9. The Kier molecular flexibility index (Phi) is 3.93. The molecule has 0 N–H and O–H groups in total. The van der Waals surface area contributed by atoms with E-state index in [0.29, 0.717) is 11.8 Å². The molecule has 0 bridgehead atoms. The van der Waals surface area contributed by atoms with Crippen molar-refractivity contribution >= 4 is 11.7 Å². The van der Waals surface area contributed by atoms with Crippen LogP contribution in [-0.2, 0) is 9.53 Å². The SMILES string of the molecule is Cc1ccc(N2CC[C@H]3CN(C(=O)C4CCCO4)C[C@H]3C2)nn1. The molecule has 3 fully saturated rings. The minimum Gasteiger partial charge on any atom is -0.368 e. The third kappa shape index (κ3) is 2.92. The largest absolute Gasteiger partial charge is 0.368 e. The minimum absolute atomic E-state index is 0.186. The molecular weight excluding hydrogens is 292 g/mol. The van der Waals surface area contributed by atoms with Gasteiger partial charge in [-0.1, -0.05) is 0 Å². The molecule has 4 rings (SSSR count). The van der Waals surface area contributed by atoms with E-state index in [9.17, 15) is 4.79 Å². The average molecular weight is 316 g/mol. The molecular formula is C17H24N4O2. The molecule has 1 aromatic heterocycles. The van der Waals surface area contributed by atoms with Crippen molar-refractivity contribution in [1.29, 1.82) is 0 Å². The fourth-order valence-corrected chi connectivity index (χ4v) is 4.09. The van der Waals surface area contributed by atoms with Crippen molar-refractivity contribution < 1.29 is 9.53 Å². The molecule has 0 aromatic carbocycles. The van der Waals surface area contributed by atoms with E-state index >= 15 is 0 Å². The second kappa shape index (κ2) is 6.07. The van der Waals surface area contributed by atoms with E-state index in [1.165, 1.54) is 0 Å². The summed E-state index contributed by atoms with van der Waals surface area (Å²) in [6.07, 6.45) is 2.83. The third-order valence-corrected chi connectivity index (χ3v) is 5.43. The molecule has 3 atom stereocenters. The number of hydrogen-bond donors (Lipinski definition) is 0. The van der Waals surface area contributed by atoms with Gasteiger partial charge < -0.3 is 14.5 Å². The van der Waals surface area contributed by atoms with Crippen LogP contribution in [-0.4, -0.2) is 59.9 Å². The van der Waals surface area contributed by atoms with Gasteiger partial charge in [-0.3, -0.25) is 4.79 Å². The Bertz CT molecular complexity index is 570. The normalized spacial score (nSPS) is 30.6. The van der Waals surface area contributed by atoms with E-state index in [-0.39, 0.29) is 12.0 Å². The molecule has 23 heavy (non-hydrogen) atoms. The Morgan fingerprint density at radius 3 is 2.78 bits per heavy atom. The van der Waals surface area contributed by atoms with Gasteiger partial charge in [0, 0.05) is 32.8 Å². The lowest BCUT2D eigenvalue weighted by Gasteiger charge is -2.34. The monoisotopic (exact) mass is 316 g/mol. The maximum absolute atomic E-state index is 12.5. The van der Waals surface area contributed by atoms with Crippen molar-refractivity contribution in [2.45, 2.75) is 32.3 Å². The van der Waals surface area contributed by atoms with Gasteiger partial charge in [0.15, 0.2) is 5.82 Å². The molecule has 3 aliphatic heterocycles. The molecule has 3 saturated heterocycles. The number of likely N-dealkylation sites (tertiary alicyclic amines) is 1. The molecule has 1 amide bonds. The maximum Gasteiger partial charge on any atom is 0.251 e. The van der Waals surface area contributed by atoms with Gasteiger partial charge in [-0.2, -0.15) is 5.10 Å². The van der Waals surface area contributed by atoms with Gasteiger partial charge in [-0.05, 0) is 50.2 Å². The molecule has 4 heterocycles. The molecule has 1 aromatic rings. The molecule has 0 aliphatic carbocycles. The number of amides is 1. The Morgan fingerprint density at radius 1 is 1.17 bits per heavy atom. The van der Waals surface area contributed by atoms with E-state index < -0.39 is 0 Å². The zero-order valence-corrected chi connectivity index (χ0v) is 13.6. The van der Waals surface area contributed by atoms with Crippen molar-refractivity contribution in [3.8, 4) is 0 Å². The number of fused-ring (bicyclic) bond motifs is 1. The van der Waals surface area contributed by atoms with Crippen LogP contribution < -0.4 is 4.90 Å². The van der Waals surface area contributed by atoms with Gasteiger partial charge in [-0.15, -0.1) is 5.10 Å². The molecule has 0 radical (unpaired) electrons. The first-order valence-corrected chi connectivity index (χ1v) is 8.66. The zero-order chi connectivity index (χ0) is 15.8. The van der Waals surface area contributed by atoms with Crippen LogP contribution in [0.1, 0.15) is 25.0 Å². The topological polar surface area (TPSA) is 58.6 Å². The standard InChI is InChI=1S/C17H24N4O2/c1-12-4-5-16(19-18-12)20-7-6-13-9-21(11-14(13)10-20)17(22)15-3-2-8-23-15/h4-5,13-15H,2-3,6-11H2,1H3/t13-,14+,15?/m0/s1. The Morgan fingerprint density at radius 2 is 2.04 bits per heavy atom. The quantitative estimate of drug-likeness (QED) is 0.822. The van der Waals surface area contributed by atoms with Crippen molar-refractivity contribution in [2.24, 2.45) is 11.8 Å². The number of carbonyl (C=O) groups excluding carboxylic acids is 1. The summed E-state index contributed by atoms with van der Waals surface area (Å²) in [7, 11) is 0. The van der Waals surface area contributed by atoms with Crippen LogP contribution in [0.2, 0.25) is 0 Å². The fraction of sp³-hybridized carbons (Fsp3) is 0.706. The van der Waals surface area contributed by atoms with Crippen LogP contribution in [0, 0.1) is 18.8 Å². The van der Waals surface area contributed by atoms with E-state index in [1.54, 1.807) is 0 Å². The molecule has 6 nitrogen and oxygen atoms in total. The second-order valence-corrected chi connectivity index (χ2v) is 7.03. The van der Waals surface area contributed by atoms with Gasteiger partial charge in [-0.25, -0.2) is 0 Å². The summed E-state index contributed by atoms with van der Waals surface area (Å²) in [5, 5.41) is 8.47. The van der Waals surface area contributed by atoms with E-state index in [4.69, 9.17) is 4.74 Å². The molecule has 1 unspecified atom stereocenters. The van der Waals surface area contributed by atoms with Crippen LogP contribution >= 0.6 is 0 Å². The van der Waals surface area contributed by atoms with Crippen LogP contribution in [0.25, 0.3) is 0 Å². The summed E-state index contributed by atoms with van der Waals surface area (Å²) < 4.78 is 5.56. The number of ether oxygens (including phenoxy) is 1. The zero-order valence-electron chi connectivity index (χ0n) is 13.6. The minimum atomic E-state index is -0.186. The molecule has 6 heteroatoms. The summed E-state index contributed by atoms with van der Waals surface area (Å²) in [5.74, 6) is 2.32. The second-order valence-electron chi connectivity index (χ2n) is 7.03. The third-order valence-electron chi connectivity index (χ3n) is 5.43. The predicted molar refractivity (Wildman–Crippen MR) is 86.1 cm³/mol. The van der Waals surface area contributed by atoms with Gasteiger partial charge in [0.25, 0.3) is 5.91 Å². The molecule has 3 aliphatic rings. The molecule has 0 saturated carbocycles. The Labute approximate surface area is 136 Å². The van der Waals surface area contributed by atoms with Crippen molar-refractivity contribution in [1.82, 2.24) is 15.1 Å². The number of piperidine rings is 1. The number of rotatable bonds is 2. The highest BCUT2D eigenvalue weighted by molar-refractivity contribution is 5.81. The molecule has 124 valence electrons. The van der Waals surface area contributed by atoms with Gasteiger partial charge in [0.05, 0.1) is 5.69 Å². The van der Waals surface area contributed by atoms with E-state index in [2.05, 4.69) is 15.1 Å². The summed E-state index contributed by atoms with van der Waals surface area (Å²) in [5.41, 5.74) is 0.942. The van der Waals surface area contributed by atoms with Crippen LogP contribution in [0.15, 0.2) is 12.1 Å². The highest BCUT2D eigenvalue weighted by atomic mass is 16.5. The van der Waals surface area contributed by atoms with Gasteiger partial charge in [0.2, 0.25) is 0 Å². The van der Waals surface area contributed by atoms with Crippen LogP contribution in [0.3, 0.4) is 0 Å². The lowest BCUT2D eigenvalue weighted by atomic mass is 9.89. The van der Waals surface area contributed by atoms with Crippen molar-refractivity contribution in [3.63, 3.8) is 0 Å². The Balaban J connectivity index is 1.40. The van der Waals surface area contributed by atoms with Crippen molar-refractivity contribution in [2.75, 3.05) is 37.7 Å². The average Bonchev–Trinajstić information content (AvgIpc) is 3.23. The van der Waals surface area contributed by atoms with E-state index in [0.717, 1.165) is 63.6 Å². The Hall–Kier alpha value is -1.69. The maximum atomic E-state index is 12.5. The number of carbonyl (C=O) groups is 1. The fourth-order valence-electron chi connectivity index (χ4n) is 4.09. The lowest BCUT2D eigenvalue weighted by molar-refractivity contribution is -0.140. The summed E-state index contributed by atoms with van der Waals surface area (Å²) in [6.45, 7) is 6.42. The van der Waals surface area contributed by atoms with Gasteiger partial charge >= 0.3 is 0 Å². The van der Waals surface area contributed by atoms with Crippen LogP contribution in [0.4, 0.5) is 5.82 Å². The van der Waals surface area contributed by atoms with Gasteiger partial charge in [0.1, 0.15) is 6.10 Å². The smallest absolute Gasteiger partial charge is 0.251 e. The number of aromatic nitrogens is 2. The van der Waals surface area contributed by atoms with E-state index in [1.807, 2.05) is 24.0 Å². The highest BCUT2D eigenvalue weighted by Gasteiger charge is 2.41.